The molecule has 0 aromatic carbocycles. The number of aliphatic imine (C=N–C) groups is 1. The Hall–Kier alpha value is -0.800. The van der Waals surface area contributed by atoms with E-state index < -0.39 is 0 Å². The summed E-state index contributed by atoms with van der Waals surface area (Å²) in [6.45, 7) is 7.81. The molecule has 6 nitrogen and oxygen atoms in total. The van der Waals surface area contributed by atoms with Crippen molar-refractivity contribution in [2.75, 3.05) is 52.9 Å². The van der Waals surface area contributed by atoms with E-state index in [4.69, 9.17) is 4.42 Å². The first kappa shape index (κ1) is 22.5. The van der Waals surface area contributed by atoms with Gasteiger partial charge in [-0.2, -0.15) is 0 Å². The standard InChI is InChI=1S/C20H35N5O.HI/c1-21-20(22-10-8-13-24-11-5-6-12-24)23-17-18(19-9-7-16-26-19)25-14-3-2-4-15-25;/h7,9,16,18H,2-6,8,10-15,17H2,1H3,(H2,21,22,23);1H. The zero-order chi connectivity index (χ0) is 18.0. The highest BCUT2D eigenvalue weighted by atomic mass is 127. The molecule has 0 aliphatic carbocycles. The van der Waals surface area contributed by atoms with Crippen LogP contribution in [0.4, 0.5) is 0 Å². The zero-order valence-corrected chi connectivity index (χ0v) is 19.0. The van der Waals surface area contributed by atoms with Gasteiger partial charge < -0.3 is 20.0 Å². The second-order valence-electron chi connectivity index (χ2n) is 7.41. The molecule has 2 aliphatic rings. The summed E-state index contributed by atoms with van der Waals surface area (Å²) in [6.07, 6.45) is 9.56. The minimum atomic E-state index is 0. The SMILES string of the molecule is CN=C(NCCCN1CCCC1)NCC(c1ccco1)N1CCCCC1.I. The number of guanidine groups is 1. The van der Waals surface area contributed by atoms with Crippen LogP contribution in [0.15, 0.2) is 27.8 Å². The van der Waals surface area contributed by atoms with E-state index in [1.54, 1.807) is 6.26 Å². The van der Waals surface area contributed by atoms with Crippen LogP contribution in [-0.2, 0) is 0 Å². The maximum Gasteiger partial charge on any atom is 0.191 e. The Morgan fingerprint density at radius 2 is 1.85 bits per heavy atom. The van der Waals surface area contributed by atoms with Gasteiger partial charge in [-0.1, -0.05) is 6.42 Å². The molecule has 0 radical (unpaired) electrons. The Balaban J connectivity index is 0.00000261. The maximum absolute atomic E-state index is 5.72. The Kier molecular flexibility index (Phi) is 10.5. The molecule has 1 atom stereocenters. The molecule has 0 saturated carbocycles. The van der Waals surface area contributed by atoms with E-state index in [-0.39, 0.29) is 30.0 Å². The average molecular weight is 489 g/mol. The normalized spacial score (nSPS) is 20.3. The number of nitrogens with one attached hydrogen (secondary N) is 2. The smallest absolute Gasteiger partial charge is 0.191 e. The Bertz CT molecular complexity index is 524. The third kappa shape index (κ3) is 7.27. The lowest BCUT2D eigenvalue weighted by Crippen LogP contribution is -2.44. The van der Waals surface area contributed by atoms with Gasteiger partial charge in [-0.15, -0.1) is 24.0 Å². The summed E-state index contributed by atoms with van der Waals surface area (Å²) < 4.78 is 5.72. The molecule has 2 N–H and O–H groups in total. The highest BCUT2D eigenvalue weighted by Crippen LogP contribution is 2.24. The van der Waals surface area contributed by atoms with Gasteiger partial charge in [-0.25, -0.2) is 0 Å². The largest absolute Gasteiger partial charge is 0.468 e. The van der Waals surface area contributed by atoms with Crippen LogP contribution in [0, 0.1) is 0 Å². The number of furan rings is 1. The molecular weight excluding hydrogens is 453 g/mol. The van der Waals surface area contributed by atoms with E-state index in [1.165, 1.54) is 51.7 Å². The Labute approximate surface area is 181 Å². The van der Waals surface area contributed by atoms with E-state index in [2.05, 4.69) is 31.5 Å². The van der Waals surface area contributed by atoms with Crippen LogP contribution in [0.25, 0.3) is 0 Å². The summed E-state index contributed by atoms with van der Waals surface area (Å²) in [5.74, 6) is 1.93. The van der Waals surface area contributed by atoms with Gasteiger partial charge in [0.2, 0.25) is 0 Å². The summed E-state index contributed by atoms with van der Waals surface area (Å²) in [6, 6.07) is 4.35. The number of hydrogen-bond acceptors (Lipinski definition) is 4. The third-order valence-electron chi connectivity index (χ3n) is 5.53. The molecule has 3 rings (SSSR count). The molecule has 2 saturated heterocycles. The second kappa shape index (κ2) is 12.6. The zero-order valence-electron chi connectivity index (χ0n) is 16.7. The monoisotopic (exact) mass is 489 g/mol. The number of rotatable bonds is 8. The Morgan fingerprint density at radius 3 is 2.52 bits per heavy atom. The summed E-state index contributed by atoms with van der Waals surface area (Å²) in [5.41, 5.74) is 0. The minimum Gasteiger partial charge on any atom is -0.468 e. The molecule has 2 fully saturated rings. The van der Waals surface area contributed by atoms with E-state index in [0.29, 0.717) is 0 Å². The first-order valence-corrected chi connectivity index (χ1v) is 10.3. The van der Waals surface area contributed by atoms with Crippen molar-refractivity contribution in [2.45, 2.75) is 44.6 Å². The van der Waals surface area contributed by atoms with E-state index >= 15 is 0 Å². The van der Waals surface area contributed by atoms with Gasteiger partial charge in [0.05, 0.1) is 12.3 Å². The summed E-state index contributed by atoms with van der Waals surface area (Å²) in [4.78, 5) is 9.48. The van der Waals surface area contributed by atoms with E-state index in [0.717, 1.165) is 44.3 Å². The van der Waals surface area contributed by atoms with Gasteiger partial charge in [-0.05, 0) is 77.0 Å². The number of likely N-dealkylation sites (tertiary alicyclic amines) is 2. The molecule has 154 valence electrons. The molecule has 1 aromatic heterocycles. The molecule has 27 heavy (non-hydrogen) atoms. The van der Waals surface area contributed by atoms with Gasteiger partial charge in [0.1, 0.15) is 5.76 Å². The van der Waals surface area contributed by atoms with Gasteiger partial charge in [0.15, 0.2) is 5.96 Å². The maximum atomic E-state index is 5.72. The topological polar surface area (TPSA) is 56.0 Å². The molecule has 7 heteroatoms. The van der Waals surface area contributed by atoms with Crippen molar-refractivity contribution in [3.63, 3.8) is 0 Å². The van der Waals surface area contributed by atoms with Crippen LogP contribution in [0.1, 0.15) is 50.3 Å². The molecule has 1 unspecified atom stereocenters. The van der Waals surface area contributed by atoms with Crippen LogP contribution in [0.5, 0.6) is 0 Å². The lowest BCUT2D eigenvalue weighted by atomic mass is 10.1. The van der Waals surface area contributed by atoms with Crippen LogP contribution < -0.4 is 10.6 Å². The van der Waals surface area contributed by atoms with Crippen molar-refractivity contribution in [2.24, 2.45) is 4.99 Å². The predicted octanol–water partition coefficient (Wildman–Crippen LogP) is 3.08. The number of piperidine rings is 1. The fourth-order valence-electron chi connectivity index (χ4n) is 4.05. The first-order chi connectivity index (χ1) is 12.9. The summed E-state index contributed by atoms with van der Waals surface area (Å²) in [5, 5.41) is 6.97. The number of nitrogens with zero attached hydrogens (tertiary/aromatic N) is 3. The van der Waals surface area contributed by atoms with Crippen LogP contribution in [0.3, 0.4) is 0 Å². The van der Waals surface area contributed by atoms with Crippen molar-refractivity contribution in [1.82, 2.24) is 20.4 Å². The van der Waals surface area contributed by atoms with E-state index in [1.807, 2.05) is 13.1 Å². The van der Waals surface area contributed by atoms with E-state index in [9.17, 15) is 0 Å². The lowest BCUT2D eigenvalue weighted by molar-refractivity contribution is 0.146. The summed E-state index contributed by atoms with van der Waals surface area (Å²) >= 11 is 0. The van der Waals surface area contributed by atoms with Crippen molar-refractivity contribution >= 4 is 29.9 Å². The quantitative estimate of drug-likeness (QED) is 0.255. The predicted molar refractivity (Wildman–Crippen MR) is 122 cm³/mol. The molecule has 0 spiro atoms. The molecular formula is C20H36IN5O. The lowest BCUT2D eigenvalue weighted by Gasteiger charge is -2.33. The third-order valence-corrected chi connectivity index (χ3v) is 5.53. The second-order valence-corrected chi connectivity index (χ2v) is 7.41. The minimum absolute atomic E-state index is 0. The van der Waals surface area contributed by atoms with Crippen molar-refractivity contribution < 1.29 is 4.42 Å². The molecule has 3 heterocycles. The molecule has 0 amide bonds. The van der Waals surface area contributed by atoms with Crippen LogP contribution in [0.2, 0.25) is 0 Å². The van der Waals surface area contributed by atoms with Crippen LogP contribution in [-0.4, -0.2) is 68.6 Å². The first-order valence-electron chi connectivity index (χ1n) is 10.3. The fraction of sp³-hybridized carbons (Fsp3) is 0.750. The molecule has 1 aromatic rings. The highest BCUT2D eigenvalue weighted by molar-refractivity contribution is 14.0. The van der Waals surface area contributed by atoms with Gasteiger partial charge in [0.25, 0.3) is 0 Å². The van der Waals surface area contributed by atoms with Crippen molar-refractivity contribution in [1.29, 1.82) is 0 Å². The highest BCUT2D eigenvalue weighted by Gasteiger charge is 2.24. The van der Waals surface area contributed by atoms with Gasteiger partial charge in [0, 0.05) is 20.1 Å². The average Bonchev–Trinajstić information content (AvgIpc) is 3.38. The molecule has 0 bridgehead atoms. The van der Waals surface area contributed by atoms with Crippen LogP contribution >= 0.6 is 24.0 Å². The van der Waals surface area contributed by atoms with Gasteiger partial charge >= 0.3 is 0 Å². The number of hydrogen-bond donors (Lipinski definition) is 2. The van der Waals surface area contributed by atoms with Crippen molar-refractivity contribution in [3.8, 4) is 0 Å². The summed E-state index contributed by atoms with van der Waals surface area (Å²) in [7, 11) is 1.85. The van der Waals surface area contributed by atoms with Gasteiger partial charge in [-0.3, -0.25) is 9.89 Å². The fourth-order valence-corrected chi connectivity index (χ4v) is 4.05. The number of halogens is 1. The molecule has 2 aliphatic heterocycles. The van der Waals surface area contributed by atoms with Crippen molar-refractivity contribution in [3.05, 3.63) is 24.2 Å². The Morgan fingerprint density at radius 1 is 1.11 bits per heavy atom.